The summed E-state index contributed by atoms with van der Waals surface area (Å²) in [7, 11) is -4.04. The van der Waals surface area contributed by atoms with Crippen molar-refractivity contribution < 1.29 is 13.2 Å². The first-order valence-corrected chi connectivity index (χ1v) is 8.79. The van der Waals surface area contributed by atoms with Crippen LogP contribution in [0.15, 0.2) is 17.0 Å². The van der Waals surface area contributed by atoms with Crippen molar-refractivity contribution >= 4 is 39.1 Å². The number of hydrogen-bond acceptors (Lipinski definition) is 3. The predicted molar refractivity (Wildman–Crippen MR) is 82.1 cm³/mol. The highest BCUT2D eigenvalue weighted by molar-refractivity contribution is 7.89. The Morgan fingerprint density at radius 1 is 1.38 bits per heavy atom. The second-order valence-corrected chi connectivity index (χ2v) is 7.69. The largest absolute Gasteiger partial charge is 0.351 e. The van der Waals surface area contributed by atoms with E-state index in [0.29, 0.717) is 6.54 Å². The second-order valence-electron chi connectivity index (χ2n) is 5.35. The highest BCUT2D eigenvalue weighted by Crippen LogP contribution is 2.47. The van der Waals surface area contributed by atoms with E-state index in [1.54, 1.807) is 0 Å². The topological polar surface area (TPSA) is 89.3 Å². The van der Waals surface area contributed by atoms with E-state index in [1.165, 1.54) is 6.07 Å². The van der Waals surface area contributed by atoms with Crippen LogP contribution in [0.3, 0.4) is 0 Å². The van der Waals surface area contributed by atoms with Crippen molar-refractivity contribution in [2.75, 3.05) is 6.54 Å². The lowest BCUT2D eigenvalue weighted by atomic mass is 10.0. The summed E-state index contributed by atoms with van der Waals surface area (Å²) in [5.41, 5.74) is 0.184. The summed E-state index contributed by atoms with van der Waals surface area (Å²) in [5.74, 6) is -0.452. The van der Waals surface area contributed by atoms with Crippen LogP contribution in [0.5, 0.6) is 0 Å². The molecule has 1 aromatic carbocycles. The second kappa shape index (κ2) is 5.76. The molecule has 0 heterocycles. The number of hydrogen-bond donors (Lipinski definition) is 2. The van der Waals surface area contributed by atoms with E-state index >= 15 is 0 Å². The monoisotopic (exact) mass is 350 g/mol. The van der Waals surface area contributed by atoms with Gasteiger partial charge in [-0.05, 0) is 36.8 Å². The van der Waals surface area contributed by atoms with Gasteiger partial charge in [0.1, 0.15) is 4.90 Å². The van der Waals surface area contributed by atoms with Gasteiger partial charge in [-0.15, -0.1) is 0 Å². The van der Waals surface area contributed by atoms with Gasteiger partial charge in [0.25, 0.3) is 5.91 Å². The molecular formula is C13H16Cl2N2O3S. The van der Waals surface area contributed by atoms with Gasteiger partial charge in [0.15, 0.2) is 0 Å². The molecule has 1 aliphatic rings. The van der Waals surface area contributed by atoms with Crippen LogP contribution in [0.1, 0.15) is 36.5 Å². The quantitative estimate of drug-likeness (QED) is 0.854. The Labute approximate surface area is 133 Å². The van der Waals surface area contributed by atoms with E-state index in [0.717, 1.165) is 25.3 Å². The summed E-state index contributed by atoms with van der Waals surface area (Å²) in [6.07, 6.45) is 3.14. The van der Waals surface area contributed by atoms with Gasteiger partial charge in [0.2, 0.25) is 10.0 Å². The number of benzene rings is 1. The van der Waals surface area contributed by atoms with Gasteiger partial charge in [0.05, 0.1) is 10.6 Å². The third-order valence-corrected chi connectivity index (χ3v) is 5.56. The lowest BCUT2D eigenvalue weighted by Gasteiger charge is -2.15. The van der Waals surface area contributed by atoms with Crippen molar-refractivity contribution in [2.45, 2.75) is 31.1 Å². The number of sulfonamides is 1. The molecule has 0 radical (unpaired) electrons. The van der Waals surface area contributed by atoms with E-state index in [-0.39, 0.29) is 25.9 Å². The highest BCUT2D eigenvalue weighted by Gasteiger charge is 2.40. The molecule has 1 aromatic rings. The summed E-state index contributed by atoms with van der Waals surface area (Å²) in [5, 5.41) is 7.73. The molecule has 1 fully saturated rings. The van der Waals surface area contributed by atoms with E-state index in [4.69, 9.17) is 28.3 Å². The number of halogens is 2. The minimum Gasteiger partial charge on any atom is -0.351 e. The van der Waals surface area contributed by atoms with Crippen molar-refractivity contribution in [3.05, 3.63) is 27.7 Å². The smallest absolute Gasteiger partial charge is 0.252 e. The molecule has 0 unspecified atom stereocenters. The van der Waals surface area contributed by atoms with Crippen LogP contribution in [0.2, 0.25) is 10.0 Å². The van der Waals surface area contributed by atoms with Gasteiger partial charge in [0, 0.05) is 11.6 Å². The van der Waals surface area contributed by atoms with Gasteiger partial charge >= 0.3 is 0 Å². The van der Waals surface area contributed by atoms with Crippen molar-refractivity contribution in [1.29, 1.82) is 0 Å². The predicted octanol–water partition coefficient (Wildman–Crippen LogP) is 2.56. The molecule has 0 aliphatic heterocycles. The van der Waals surface area contributed by atoms with Crippen LogP contribution < -0.4 is 10.5 Å². The first-order valence-electron chi connectivity index (χ1n) is 6.48. The Morgan fingerprint density at radius 3 is 2.48 bits per heavy atom. The fraction of sp³-hybridized carbons (Fsp3) is 0.462. The summed E-state index contributed by atoms with van der Waals surface area (Å²) in [6, 6.07) is 2.46. The SMILES string of the molecule is CCC1(CNC(=O)c2cc(Cl)cc(S(N)(=O)=O)c2Cl)CC1. The zero-order valence-electron chi connectivity index (χ0n) is 11.4. The van der Waals surface area contributed by atoms with Crippen molar-refractivity contribution in [1.82, 2.24) is 5.32 Å². The Bertz CT molecular complexity index is 685. The zero-order chi connectivity index (χ0) is 15.8. The Kier molecular flexibility index (Phi) is 4.54. The molecule has 8 heteroatoms. The Hall–Kier alpha value is -0.820. The summed E-state index contributed by atoms with van der Waals surface area (Å²) >= 11 is 11.8. The number of primary sulfonamides is 1. The maximum Gasteiger partial charge on any atom is 0.252 e. The first kappa shape index (κ1) is 16.5. The third kappa shape index (κ3) is 3.69. The summed E-state index contributed by atoms with van der Waals surface area (Å²) in [6.45, 7) is 2.61. The average molecular weight is 351 g/mol. The molecule has 1 aliphatic carbocycles. The average Bonchev–Trinajstić information content (AvgIpc) is 3.17. The van der Waals surface area contributed by atoms with Crippen LogP contribution in [-0.4, -0.2) is 20.9 Å². The number of rotatable bonds is 5. The van der Waals surface area contributed by atoms with E-state index < -0.39 is 15.9 Å². The maximum absolute atomic E-state index is 12.2. The fourth-order valence-electron chi connectivity index (χ4n) is 2.13. The standard InChI is InChI=1S/C13H16Cl2N2O3S/c1-2-13(3-4-13)7-17-12(18)9-5-8(14)6-10(11(9)15)21(16,19)20/h5-6H,2-4,7H2,1H3,(H,17,18)(H2,16,19,20). The minimum atomic E-state index is -4.04. The molecule has 2 rings (SSSR count). The number of nitrogens with two attached hydrogens (primary N) is 1. The van der Waals surface area contributed by atoms with Gasteiger partial charge in [-0.3, -0.25) is 4.79 Å². The number of carbonyl (C=O) groups excluding carboxylic acids is 1. The molecule has 116 valence electrons. The summed E-state index contributed by atoms with van der Waals surface area (Å²) < 4.78 is 22.9. The van der Waals surface area contributed by atoms with Crippen LogP contribution >= 0.6 is 23.2 Å². The third-order valence-electron chi connectivity index (χ3n) is 3.89. The molecule has 1 amide bonds. The highest BCUT2D eigenvalue weighted by atomic mass is 35.5. The van der Waals surface area contributed by atoms with Crippen LogP contribution in [-0.2, 0) is 10.0 Å². The lowest BCUT2D eigenvalue weighted by molar-refractivity contribution is 0.0944. The van der Waals surface area contributed by atoms with E-state index in [9.17, 15) is 13.2 Å². The van der Waals surface area contributed by atoms with Crippen molar-refractivity contribution in [3.8, 4) is 0 Å². The van der Waals surface area contributed by atoms with Crippen LogP contribution in [0, 0.1) is 5.41 Å². The van der Waals surface area contributed by atoms with Gasteiger partial charge in [-0.1, -0.05) is 30.1 Å². The molecule has 0 atom stereocenters. The van der Waals surface area contributed by atoms with Crippen LogP contribution in [0.4, 0.5) is 0 Å². The summed E-state index contributed by atoms with van der Waals surface area (Å²) in [4.78, 5) is 11.8. The van der Waals surface area contributed by atoms with Gasteiger partial charge in [-0.25, -0.2) is 13.6 Å². The molecule has 0 spiro atoms. The first-order chi connectivity index (χ1) is 9.68. The van der Waals surface area contributed by atoms with Crippen molar-refractivity contribution in [3.63, 3.8) is 0 Å². The molecule has 5 nitrogen and oxygen atoms in total. The molecule has 1 saturated carbocycles. The number of carbonyl (C=O) groups is 1. The normalized spacial score (nSPS) is 16.6. The van der Waals surface area contributed by atoms with Gasteiger partial charge in [-0.2, -0.15) is 0 Å². The Balaban J connectivity index is 2.27. The molecular weight excluding hydrogens is 335 g/mol. The van der Waals surface area contributed by atoms with Crippen LogP contribution in [0.25, 0.3) is 0 Å². The van der Waals surface area contributed by atoms with Crippen molar-refractivity contribution in [2.24, 2.45) is 10.6 Å². The minimum absolute atomic E-state index is 0.0140. The lowest BCUT2D eigenvalue weighted by Crippen LogP contribution is -2.30. The zero-order valence-corrected chi connectivity index (χ0v) is 13.8. The maximum atomic E-state index is 12.2. The molecule has 0 bridgehead atoms. The molecule has 3 N–H and O–H groups in total. The fourth-order valence-corrected chi connectivity index (χ4v) is 3.58. The Morgan fingerprint density at radius 2 is 2.00 bits per heavy atom. The number of amides is 1. The van der Waals surface area contributed by atoms with E-state index in [2.05, 4.69) is 12.2 Å². The molecule has 21 heavy (non-hydrogen) atoms. The molecule has 0 aromatic heterocycles. The van der Waals surface area contributed by atoms with E-state index in [1.807, 2.05) is 0 Å². The van der Waals surface area contributed by atoms with Gasteiger partial charge < -0.3 is 5.32 Å². The molecule has 0 saturated heterocycles. The number of nitrogens with one attached hydrogen (secondary N) is 1.